The van der Waals surface area contributed by atoms with Crippen LogP contribution in [0.1, 0.15) is 12.8 Å². The summed E-state index contributed by atoms with van der Waals surface area (Å²) in [5.41, 5.74) is 0. The third-order valence-corrected chi connectivity index (χ3v) is 3.44. The Morgan fingerprint density at radius 2 is 1.95 bits per heavy atom. The summed E-state index contributed by atoms with van der Waals surface area (Å²) >= 11 is 5.77. The van der Waals surface area contributed by atoms with Crippen molar-refractivity contribution in [2.45, 2.75) is 12.8 Å². The van der Waals surface area contributed by atoms with E-state index in [4.69, 9.17) is 16.3 Å². The fraction of sp³-hybridized carbons (Fsp3) is 0.438. The quantitative estimate of drug-likeness (QED) is 0.845. The van der Waals surface area contributed by atoms with Crippen molar-refractivity contribution in [2.75, 3.05) is 32.8 Å². The van der Waals surface area contributed by atoms with Crippen LogP contribution in [0.5, 0.6) is 5.75 Å². The summed E-state index contributed by atoms with van der Waals surface area (Å²) in [5, 5.41) is 3.35. The fourth-order valence-corrected chi connectivity index (χ4v) is 2.17. The lowest BCUT2D eigenvalue weighted by Crippen LogP contribution is -2.29. The first-order valence-corrected chi connectivity index (χ1v) is 7.45. The van der Waals surface area contributed by atoms with Crippen LogP contribution in [-0.4, -0.2) is 43.6 Å². The van der Waals surface area contributed by atoms with Gasteiger partial charge in [-0.3, -0.25) is 9.69 Å². The summed E-state index contributed by atoms with van der Waals surface area (Å²) in [6, 6.07) is 6.90. The lowest BCUT2D eigenvalue weighted by molar-refractivity contribution is -0.122. The van der Waals surface area contributed by atoms with Crippen molar-refractivity contribution in [2.24, 2.45) is 0 Å². The molecule has 1 amide bonds. The SMILES string of the molecule is O=C(COc1ccc(Cl)cc1)NCC#CCN1CCCC1. The van der Waals surface area contributed by atoms with Gasteiger partial charge in [-0.25, -0.2) is 0 Å². The van der Waals surface area contributed by atoms with Crippen LogP contribution in [-0.2, 0) is 4.79 Å². The molecule has 5 heteroatoms. The summed E-state index contributed by atoms with van der Waals surface area (Å²) in [4.78, 5) is 13.9. The van der Waals surface area contributed by atoms with E-state index in [0.717, 1.165) is 19.6 Å². The van der Waals surface area contributed by atoms with E-state index in [1.165, 1.54) is 12.8 Å². The number of likely N-dealkylation sites (tertiary alicyclic amines) is 1. The molecule has 0 aliphatic carbocycles. The van der Waals surface area contributed by atoms with E-state index in [2.05, 4.69) is 22.1 Å². The minimum atomic E-state index is -0.180. The van der Waals surface area contributed by atoms with Gasteiger partial charge in [0.1, 0.15) is 5.75 Å². The fourth-order valence-electron chi connectivity index (χ4n) is 2.04. The Morgan fingerprint density at radius 1 is 1.24 bits per heavy atom. The molecule has 1 aliphatic heterocycles. The Hall–Kier alpha value is -1.70. The first kappa shape index (κ1) is 15.7. The van der Waals surface area contributed by atoms with Gasteiger partial charge in [0.15, 0.2) is 6.61 Å². The number of nitrogens with one attached hydrogen (secondary N) is 1. The van der Waals surface area contributed by atoms with Gasteiger partial charge in [-0.1, -0.05) is 23.4 Å². The average molecular weight is 307 g/mol. The van der Waals surface area contributed by atoms with Gasteiger partial charge in [-0.05, 0) is 50.2 Å². The highest BCUT2D eigenvalue weighted by molar-refractivity contribution is 6.30. The average Bonchev–Trinajstić information content (AvgIpc) is 2.99. The Kier molecular flexibility index (Phi) is 6.39. The predicted octanol–water partition coefficient (Wildman–Crippen LogP) is 1.93. The molecule has 0 saturated carbocycles. The highest BCUT2D eigenvalue weighted by Gasteiger charge is 2.08. The van der Waals surface area contributed by atoms with Gasteiger partial charge in [0, 0.05) is 5.02 Å². The maximum atomic E-state index is 11.6. The zero-order chi connectivity index (χ0) is 14.9. The van der Waals surface area contributed by atoms with Crippen LogP contribution in [0.4, 0.5) is 0 Å². The Morgan fingerprint density at radius 3 is 2.67 bits per heavy atom. The zero-order valence-corrected chi connectivity index (χ0v) is 12.7. The largest absolute Gasteiger partial charge is 0.484 e. The standard InChI is InChI=1S/C16H19ClN2O2/c17-14-5-7-15(8-6-14)21-13-16(20)18-9-1-2-10-19-11-3-4-12-19/h5-8H,3-4,9-13H2,(H,18,20). The molecule has 2 rings (SSSR count). The summed E-state index contributed by atoms with van der Waals surface area (Å²) in [6.07, 6.45) is 2.53. The van der Waals surface area contributed by atoms with E-state index in [-0.39, 0.29) is 12.5 Å². The van der Waals surface area contributed by atoms with Gasteiger partial charge >= 0.3 is 0 Å². The number of carbonyl (C=O) groups is 1. The van der Waals surface area contributed by atoms with Crippen LogP contribution in [0.25, 0.3) is 0 Å². The topological polar surface area (TPSA) is 41.6 Å². The van der Waals surface area contributed by atoms with E-state index in [0.29, 0.717) is 17.3 Å². The summed E-state index contributed by atoms with van der Waals surface area (Å²) in [5.74, 6) is 6.46. The molecular formula is C16H19ClN2O2. The molecule has 0 aromatic heterocycles. The number of hydrogen-bond donors (Lipinski definition) is 1. The summed E-state index contributed by atoms with van der Waals surface area (Å²) in [7, 11) is 0. The van der Waals surface area contributed by atoms with Gasteiger partial charge in [-0.2, -0.15) is 0 Å². The first-order valence-electron chi connectivity index (χ1n) is 7.07. The number of carbonyl (C=O) groups excluding carboxylic acids is 1. The molecule has 0 atom stereocenters. The summed E-state index contributed by atoms with van der Waals surface area (Å²) < 4.78 is 5.33. The molecule has 0 radical (unpaired) electrons. The number of nitrogens with zero attached hydrogens (tertiary/aromatic N) is 1. The van der Waals surface area contributed by atoms with Crippen LogP contribution in [0.2, 0.25) is 5.02 Å². The maximum Gasteiger partial charge on any atom is 0.258 e. The summed E-state index contributed by atoms with van der Waals surface area (Å²) in [6.45, 7) is 3.40. The van der Waals surface area contributed by atoms with Crippen molar-refractivity contribution in [1.29, 1.82) is 0 Å². The first-order chi connectivity index (χ1) is 10.2. The molecule has 1 aromatic carbocycles. The van der Waals surface area contributed by atoms with Crippen molar-refractivity contribution in [3.63, 3.8) is 0 Å². The second-order valence-corrected chi connectivity index (χ2v) is 5.29. The van der Waals surface area contributed by atoms with E-state index in [1.54, 1.807) is 24.3 Å². The Labute approximate surface area is 130 Å². The molecule has 4 nitrogen and oxygen atoms in total. The molecule has 21 heavy (non-hydrogen) atoms. The van der Waals surface area contributed by atoms with Crippen molar-refractivity contribution in [3.05, 3.63) is 29.3 Å². The van der Waals surface area contributed by atoms with E-state index in [9.17, 15) is 4.79 Å². The molecule has 112 valence electrons. The lowest BCUT2D eigenvalue weighted by atomic mass is 10.3. The molecule has 0 spiro atoms. The minimum absolute atomic E-state index is 0.0184. The van der Waals surface area contributed by atoms with Crippen LogP contribution in [0.3, 0.4) is 0 Å². The molecule has 1 fully saturated rings. The van der Waals surface area contributed by atoms with Gasteiger partial charge in [0.25, 0.3) is 5.91 Å². The third kappa shape index (κ3) is 6.07. The molecule has 0 bridgehead atoms. The van der Waals surface area contributed by atoms with Crippen molar-refractivity contribution < 1.29 is 9.53 Å². The van der Waals surface area contributed by atoms with Crippen LogP contribution in [0.15, 0.2) is 24.3 Å². The van der Waals surface area contributed by atoms with Crippen LogP contribution < -0.4 is 10.1 Å². The molecule has 1 aromatic rings. The Bertz CT molecular complexity index is 513. The smallest absolute Gasteiger partial charge is 0.258 e. The van der Waals surface area contributed by atoms with E-state index in [1.807, 2.05) is 0 Å². The van der Waals surface area contributed by atoms with Crippen molar-refractivity contribution in [1.82, 2.24) is 10.2 Å². The monoisotopic (exact) mass is 306 g/mol. The number of rotatable bonds is 5. The van der Waals surface area contributed by atoms with Crippen molar-refractivity contribution >= 4 is 17.5 Å². The highest BCUT2D eigenvalue weighted by Crippen LogP contribution is 2.15. The number of halogens is 1. The van der Waals surface area contributed by atoms with Crippen molar-refractivity contribution in [3.8, 4) is 17.6 Å². The number of ether oxygens (including phenoxy) is 1. The van der Waals surface area contributed by atoms with Crippen LogP contribution >= 0.6 is 11.6 Å². The third-order valence-electron chi connectivity index (χ3n) is 3.18. The second kappa shape index (κ2) is 8.56. The lowest BCUT2D eigenvalue weighted by Gasteiger charge is -2.08. The number of amides is 1. The molecule has 1 heterocycles. The predicted molar refractivity (Wildman–Crippen MR) is 83.4 cm³/mol. The van der Waals surface area contributed by atoms with E-state index < -0.39 is 0 Å². The Balaban J connectivity index is 1.59. The van der Waals surface area contributed by atoms with Gasteiger partial charge in [-0.15, -0.1) is 0 Å². The zero-order valence-electron chi connectivity index (χ0n) is 11.9. The molecule has 1 aliphatic rings. The molecular weight excluding hydrogens is 288 g/mol. The van der Waals surface area contributed by atoms with Gasteiger partial charge < -0.3 is 10.1 Å². The number of benzene rings is 1. The molecule has 0 unspecified atom stereocenters. The molecule has 1 saturated heterocycles. The number of hydrogen-bond acceptors (Lipinski definition) is 3. The molecule has 1 N–H and O–H groups in total. The minimum Gasteiger partial charge on any atom is -0.484 e. The highest BCUT2D eigenvalue weighted by atomic mass is 35.5. The normalized spacial score (nSPS) is 14.3. The van der Waals surface area contributed by atoms with E-state index >= 15 is 0 Å². The second-order valence-electron chi connectivity index (χ2n) is 4.86. The van der Waals surface area contributed by atoms with Gasteiger partial charge in [0.2, 0.25) is 0 Å². The van der Waals surface area contributed by atoms with Crippen LogP contribution in [0, 0.1) is 11.8 Å². The van der Waals surface area contributed by atoms with Gasteiger partial charge in [0.05, 0.1) is 13.1 Å². The maximum absolute atomic E-state index is 11.6.